The van der Waals surface area contributed by atoms with Crippen LogP contribution in [0.3, 0.4) is 0 Å². The van der Waals surface area contributed by atoms with E-state index >= 15 is 0 Å². The van der Waals surface area contributed by atoms with Gasteiger partial charge in [-0.1, -0.05) is 65.7 Å². The summed E-state index contributed by atoms with van der Waals surface area (Å²) in [6.45, 7) is 12.3. The summed E-state index contributed by atoms with van der Waals surface area (Å²) in [5.41, 5.74) is 0.673. The highest BCUT2D eigenvalue weighted by Crippen LogP contribution is 2.44. The average molecular weight is 603 g/mol. The zero-order chi connectivity index (χ0) is 31.4. The second-order valence-electron chi connectivity index (χ2n) is 13.8. The zero-order valence-electron chi connectivity index (χ0n) is 27.2. The third kappa shape index (κ3) is 7.63. The molecule has 12 atom stereocenters. The molecule has 1 saturated carbocycles. The monoisotopic (exact) mass is 602 g/mol. The maximum Gasteiger partial charge on any atom is 0.345 e. The molecule has 0 spiro atoms. The normalized spacial score (nSPS) is 39.2. The van der Waals surface area contributed by atoms with E-state index in [-0.39, 0.29) is 84.7 Å². The summed E-state index contributed by atoms with van der Waals surface area (Å²) in [6, 6.07) is 0. The number of esters is 1. The summed E-state index contributed by atoms with van der Waals surface area (Å²) in [7, 11) is 1.73. The number of hydrogen-bond donors (Lipinski definition) is 2. The van der Waals surface area contributed by atoms with Crippen LogP contribution in [0.4, 0.5) is 0 Å². The van der Waals surface area contributed by atoms with Gasteiger partial charge in [0.15, 0.2) is 6.61 Å². The highest BCUT2D eigenvalue weighted by molar-refractivity contribution is 6.22. The Morgan fingerprint density at radius 2 is 1.77 bits per heavy atom. The molecule has 1 aliphatic carbocycles. The van der Waals surface area contributed by atoms with E-state index in [9.17, 15) is 19.8 Å². The number of aliphatic hydroxyl groups is 2. The number of methoxy groups -OCH3 is 1. The molecule has 4 rings (SSSR count). The number of cyclic esters (lactones) is 1. The Kier molecular flexibility index (Phi) is 11.7. The minimum atomic E-state index is -0.739. The average Bonchev–Trinajstić information content (AvgIpc) is 3.55. The van der Waals surface area contributed by atoms with Gasteiger partial charge in [-0.05, 0) is 67.8 Å². The van der Waals surface area contributed by atoms with Gasteiger partial charge in [-0.2, -0.15) is 0 Å². The number of rotatable bonds is 10. The molecular formula is C35H54O8. The summed E-state index contributed by atoms with van der Waals surface area (Å²) in [5.74, 6) is -0.447. The van der Waals surface area contributed by atoms with Gasteiger partial charge in [-0.25, -0.2) is 4.79 Å². The van der Waals surface area contributed by atoms with E-state index in [1.54, 1.807) is 7.11 Å². The number of carbonyl (C=O) groups is 2. The summed E-state index contributed by atoms with van der Waals surface area (Å²) >= 11 is 0. The molecule has 0 aromatic heterocycles. The van der Waals surface area contributed by atoms with Gasteiger partial charge in [-0.3, -0.25) is 4.79 Å². The lowest BCUT2D eigenvalue weighted by atomic mass is 9.66. The first-order valence-electron chi connectivity index (χ1n) is 16.4. The highest BCUT2D eigenvalue weighted by atomic mass is 16.6. The molecule has 3 aliphatic heterocycles. The fraction of sp³-hybridized carbons (Fsp3) is 0.771. The molecule has 3 heterocycles. The van der Waals surface area contributed by atoms with Gasteiger partial charge in [0.25, 0.3) is 0 Å². The third-order valence-electron chi connectivity index (χ3n) is 10.7. The van der Waals surface area contributed by atoms with Crippen molar-refractivity contribution in [3.63, 3.8) is 0 Å². The number of ketones is 1. The van der Waals surface area contributed by atoms with E-state index in [1.807, 2.05) is 6.92 Å². The largest absolute Gasteiger partial charge is 0.511 e. The molecule has 0 radical (unpaired) electrons. The number of carbonyl (C=O) groups excluding carboxylic acids is 2. The molecule has 8 heteroatoms. The first-order chi connectivity index (χ1) is 20.5. The Morgan fingerprint density at radius 1 is 1.02 bits per heavy atom. The first-order valence-corrected chi connectivity index (χ1v) is 16.4. The van der Waals surface area contributed by atoms with Crippen molar-refractivity contribution in [1.29, 1.82) is 0 Å². The van der Waals surface area contributed by atoms with Crippen LogP contribution in [-0.4, -0.2) is 72.8 Å². The SMILES string of the molecule is CO[C@@H](C)[C@H]1C[C@H](C)[C@H]([C@@H](C)/C=C/C2CC[C@@H](C)[C@H](/C(=C/[C@@H]3CCC[C@@H](C)[C@@H]3[C@H](C)C(O)=C3C(=O)COC3=O)CO)O2)O1. The minimum Gasteiger partial charge on any atom is -0.511 e. The van der Waals surface area contributed by atoms with E-state index in [1.165, 1.54) is 0 Å². The van der Waals surface area contributed by atoms with E-state index < -0.39 is 17.7 Å². The van der Waals surface area contributed by atoms with Crippen LogP contribution in [0.25, 0.3) is 0 Å². The summed E-state index contributed by atoms with van der Waals surface area (Å²) < 4.78 is 23.4. The van der Waals surface area contributed by atoms with Crippen LogP contribution >= 0.6 is 0 Å². The maximum atomic E-state index is 12.3. The quantitative estimate of drug-likeness (QED) is 0.107. The second-order valence-corrected chi connectivity index (χ2v) is 13.8. The van der Waals surface area contributed by atoms with Crippen molar-refractivity contribution in [3.8, 4) is 0 Å². The Morgan fingerprint density at radius 3 is 2.42 bits per heavy atom. The van der Waals surface area contributed by atoms with E-state index in [4.69, 9.17) is 18.9 Å². The molecule has 4 fully saturated rings. The van der Waals surface area contributed by atoms with Crippen molar-refractivity contribution < 1.29 is 38.7 Å². The molecular weight excluding hydrogens is 548 g/mol. The van der Waals surface area contributed by atoms with Crippen LogP contribution in [-0.2, 0) is 28.5 Å². The maximum absolute atomic E-state index is 12.3. The third-order valence-corrected chi connectivity index (χ3v) is 10.7. The lowest BCUT2D eigenvalue weighted by Crippen LogP contribution is -2.37. The Balaban J connectivity index is 1.48. The van der Waals surface area contributed by atoms with Crippen LogP contribution in [0.2, 0.25) is 0 Å². The van der Waals surface area contributed by atoms with Crippen molar-refractivity contribution in [1.82, 2.24) is 0 Å². The fourth-order valence-corrected chi connectivity index (χ4v) is 8.06. The summed E-state index contributed by atoms with van der Waals surface area (Å²) in [4.78, 5) is 24.4. The molecule has 0 bridgehead atoms. The fourth-order valence-electron chi connectivity index (χ4n) is 8.06. The van der Waals surface area contributed by atoms with Gasteiger partial charge in [0, 0.05) is 18.9 Å². The summed E-state index contributed by atoms with van der Waals surface area (Å²) in [6.07, 6.45) is 12.5. The van der Waals surface area contributed by atoms with Gasteiger partial charge in [0.1, 0.15) is 11.3 Å². The topological polar surface area (TPSA) is 112 Å². The van der Waals surface area contributed by atoms with Gasteiger partial charge in [0.2, 0.25) is 5.78 Å². The van der Waals surface area contributed by atoms with E-state index in [2.05, 4.69) is 52.8 Å². The molecule has 3 saturated heterocycles. The van der Waals surface area contributed by atoms with Crippen molar-refractivity contribution in [3.05, 3.63) is 35.1 Å². The van der Waals surface area contributed by atoms with Crippen molar-refractivity contribution >= 4 is 11.8 Å². The van der Waals surface area contributed by atoms with Crippen molar-refractivity contribution in [2.75, 3.05) is 20.3 Å². The van der Waals surface area contributed by atoms with Gasteiger partial charge in [0.05, 0.1) is 37.1 Å². The molecule has 1 unspecified atom stereocenters. The molecule has 0 amide bonds. The molecule has 242 valence electrons. The molecule has 43 heavy (non-hydrogen) atoms. The van der Waals surface area contributed by atoms with Crippen LogP contribution in [0.1, 0.15) is 80.1 Å². The second kappa shape index (κ2) is 14.9. The lowest BCUT2D eigenvalue weighted by Gasteiger charge is -2.41. The van der Waals surface area contributed by atoms with Crippen molar-refractivity contribution in [2.24, 2.45) is 41.4 Å². The highest BCUT2D eigenvalue weighted by Gasteiger charge is 2.41. The Bertz CT molecular complexity index is 1060. The van der Waals surface area contributed by atoms with Crippen molar-refractivity contribution in [2.45, 2.75) is 111 Å². The lowest BCUT2D eigenvalue weighted by molar-refractivity contribution is -0.135. The molecule has 0 aromatic carbocycles. The van der Waals surface area contributed by atoms with Crippen LogP contribution in [0.15, 0.2) is 35.1 Å². The van der Waals surface area contributed by atoms with Gasteiger partial charge in [-0.15, -0.1) is 0 Å². The van der Waals surface area contributed by atoms with Crippen LogP contribution in [0.5, 0.6) is 0 Å². The standard InChI is InChI=1S/C35H54O8/c1-19-9-8-10-25(30(19)23(5)32(38)31-28(37)18-41-35(31)39)16-26(17-36)34-21(3)12-14-27(42-34)13-11-20(2)33-22(4)15-29(43-33)24(6)40-7/h11,13,16,19-25,27,29-30,33-34,36,38H,8-10,12,14-15,17-18H2,1-7H3/b13-11+,26-16+,32-31?/t19-,20+,21-,22+,23+,24+,25+,27?,29-,30-,33+,34-/m1/s1. The predicted octanol–water partition coefficient (Wildman–Crippen LogP) is 5.74. The smallest absolute Gasteiger partial charge is 0.345 e. The van der Waals surface area contributed by atoms with Crippen LogP contribution in [0, 0.1) is 41.4 Å². The Hall–Kier alpha value is -2.00. The minimum absolute atomic E-state index is 0.0116. The Labute approximate surface area is 257 Å². The molecule has 8 nitrogen and oxygen atoms in total. The number of Topliss-reactive ketones (excluding diaryl/α,β-unsaturated/α-hetero) is 1. The van der Waals surface area contributed by atoms with E-state index in [0.29, 0.717) is 5.92 Å². The number of ether oxygens (including phenoxy) is 4. The number of hydrogen-bond acceptors (Lipinski definition) is 8. The van der Waals surface area contributed by atoms with E-state index in [0.717, 1.165) is 44.1 Å². The van der Waals surface area contributed by atoms with Crippen LogP contribution < -0.4 is 0 Å². The summed E-state index contributed by atoms with van der Waals surface area (Å²) in [5, 5.41) is 21.6. The number of allylic oxidation sites excluding steroid dienone is 2. The molecule has 2 N–H and O–H groups in total. The number of aliphatic hydroxyl groups excluding tert-OH is 2. The van der Waals surface area contributed by atoms with Gasteiger partial charge < -0.3 is 29.2 Å². The molecule has 0 aromatic rings. The zero-order valence-corrected chi connectivity index (χ0v) is 27.2. The molecule has 4 aliphatic rings. The van der Waals surface area contributed by atoms with Gasteiger partial charge >= 0.3 is 5.97 Å². The first kappa shape index (κ1) is 33.9. The predicted molar refractivity (Wildman–Crippen MR) is 164 cm³/mol.